The molecule has 0 spiro atoms. The Morgan fingerprint density at radius 2 is 1.97 bits per heavy atom. The molecule has 1 amide bonds. The molecular formula is C24H26FN5O3S. The summed E-state index contributed by atoms with van der Waals surface area (Å²) in [5.41, 5.74) is 1.77. The Balaban J connectivity index is 2.14. The summed E-state index contributed by atoms with van der Waals surface area (Å²) in [4.78, 5) is 29.1. The monoisotopic (exact) mass is 483 g/mol. The summed E-state index contributed by atoms with van der Waals surface area (Å²) in [6.45, 7) is -0.0796. The molecule has 2 aromatic carbocycles. The molecule has 0 saturated heterocycles. The molecule has 0 bridgehead atoms. The number of hydrogen-bond donors (Lipinski definition) is 2. The summed E-state index contributed by atoms with van der Waals surface area (Å²) < 4.78 is 26.4. The Bertz CT molecular complexity index is 1300. The number of amides is 1. The van der Waals surface area contributed by atoms with Gasteiger partial charge in [-0.2, -0.15) is 5.26 Å². The second-order valence-electron chi connectivity index (χ2n) is 7.87. The van der Waals surface area contributed by atoms with Gasteiger partial charge < -0.3 is 18.9 Å². The van der Waals surface area contributed by atoms with E-state index >= 15 is 4.39 Å². The minimum atomic E-state index is -0.628. The third-order valence-electron chi connectivity index (χ3n) is 5.39. The molecule has 0 unspecified atom stereocenters. The molecule has 0 atom stereocenters. The van der Waals surface area contributed by atoms with Gasteiger partial charge in [-0.25, -0.2) is 13.9 Å². The number of anilines is 2. The predicted octanol–water partition coefficient (Wildman–Crippen LogP) is 3.31. The number of carbonyl (C=O) groups excluding carboxylic acids is 1. The fourth-order valence-corrected chi connectivity index (χ4v) is 3.89. The van der Waals surface area contributed by atoms with Gasteiger partial charge in [-0.05, 0) is 36.4 Å². The van der Waals surface area contributed by atoms with Crippen LogP contribution in [0.4, 0.5) is 15.8 Å². The average molecular weight is 484 g/mol. The molecule has 8 nitrogen and oxygen atoms in total. The molecule has 3 aromatic rings. The lowest BCUT2D eigenvalue weighted by Crippen LogP contribution is -2.29. The van der Waals surface area contributed by atoms with Gasteiger partial charge in [0.2, 0.25) is 5.91 Å². The van der Waals surface area contributed by atoms with Gasteiger partial charge >= 0.3 is 5.63 Å². The van der Waals surface area contributed by atoms with Crippen LogP contribution in [0.15, 0.2) is 45.6 Å². The van der Waals surface area contributed by atoms with Crippen LogP contribution < -0.4 is 20.0 Å². The minimum Gasteiger partial charge on any atom is -0.422 e. The number of rotatable bonds is 9. The highest BCUT2D eigenvalue weighted by Gasteiger charge is 2.21. The Morgan fingerprint density at radius 1 is 1.21 bits per heavy atom. The molecule has 0 aliphatic carbocycles. The van der Waals surface area contributed by atoms with Crippen LogP contribution >= 0.6 is 12.1 Å². The summed E-state index contributed by atoms with van der Waals surface area (Å²) in [7, 11) is 6.96. The van der Waals surface area contributed by atoms with Crippen molar-refractivity contribution in [3.63, 3.8) is 0 Å². The maximum atomic E-state index is 15.1. The van der Waals surface area contributed by atoms with Gasteiger partial charge in [0.05, 0.1) is 18.2 Å². The van der Waals surface area contributed by atoms with E-state index in [1.54, 1.807) is 37.4 Å². The largest absolute Gasteiger partial charge is 0.422 e. The summed E-state index contributed by atoms with van der Waals surface area (Å²) in [5.74, 6) is -0.820. The first-order valence-electron chi connectivity index (χ1n) is 10.5. The molecule has 34 heavy (non-hydrogen) atoms. The maximum Gasteiger partial charge on any atom is 0.340 e. The van der Waals surface area contributed by atoms with Crippen LogP contribution in [0.5, 0.6) is 0 Å². The highest BCUT2D eigenvalue weighted by molar-refractivity contribution is 7.98. The smallest absolute Gasteiger partial charge is 0.340 e. The summed E-state index contributed by atoms with van der Waals surface area (Å²) in [6, 6.07) is 12.2. The SMILES string of the molecule is CNSNc1cccc(Cc2c(CC(=O)N(C)CC#N)c3ccc(N(C)C)cc3oc2=O)c1F. The molecule has 0 saturated carbocycles. The van der Waals surface area contributed by atoms with Gasteiger partial charge in [0.15, 0.2) is 5.82 Å². The Labute approximate surface area is 201 Å². The van der Waals surface area contributed by atoms with Crippen LogP contribution in [-0.4, -0.2) is 45.5 Å². The molecule has 0 aliphatic heterocycles. The van der Waals surface area contributed by atoms with E-state index in [1.165, 1.54) is 11.9 Å². The Morgan fingerprint density at radius 3 is 2.65 bits per heavy atom. The van der Waals surface area contributed by atoms with Crippen molar-refractivity contribution >= 4 is 40.4 Å². The molecule has 178 valence electrons. The Kier molecular flexibility index (Phi) is 8.15. The number of hydrogen-bond acceptors (Lipinski definition) is 8. The molecule has 2 N–H and O–H groups in total. The molecule has 3 rings (SSSR count). The van der Waals surface area contributed by atoms with Crippen molar-refractivity contribution in [1.29, 1.82) is 5.26 Å². The lowest BCUT2D eigenvalue weighted by Gasteiger charge is -2.18. The number of carbonyl (C=O) groups is 1. The van der Waals surface area contributed by atoms with Crippen LogP contribution in [0.1, 0.15) is 16.7 Å². The van der Waals surface area contributed by atoms with Gasteiger partial charge in [0.25, 0.3) is 0 Å². The van der Waals surface area contributed by atoms with E-state index in [2.05, 4.69) is 9.44 Å². The zero-order valence-corrected chi connectivity index (χ0v) is 20.3. The second-order valence-corrected chi connectivity index (χ2v) is 8.69. The number of halogens is 1. The molecule has 1 heterocycles. The molecule has 0 fully saturated rings. The van der Waals surface area contributed by atoms with Crippen molar-refractivity contribution in [2.75, 3.05) is 44.4 Å². The number of nitrogens with zero attached hydrogens (tertiary/aromatic N) is 3. The van der Waals surface area contributed by atoms with E-state index in [-0.39, 0.29) is 42.1 Å². The first-order valence-corrected chi connectivity index (χ1v) is 11.3. The van der Waals surface area contributed by atoms with Crippen LogP contribution in [0, 0.1) is 17.1 Å². The summed E-state index contributed by atoms with van der Waals surface area (Å²) >= 11 is 1.12. The normalized spacial score (nSPS) is 10.7. The van der Waals surface area contributed by atoms with Gasteiger partial charge in [-0.3, -0.25) is 4.79 Å². The summed E-state index contributed by atoms with van der Waals surface area (Å²) in [5, 5.41) is 9.55. The van der Waals surface area contributed by atoms with Crippen LogP contribution in [0.2, 0.25) is 0 Å². The second kappa shape index (κ2) is 11.0. The quantitative estimate of drug-likeness (QED) is 0.272. The molecule has 1 aromatic heterocycles. The topological polar surface area (TPSA) is 102 Å². The van der Waals surface area contributed by atoms with E-state index in [0.29, 0.717) is 16.5 Å². The summed E-state index contributed by atoms with van der Waals surface area (Å²) in [6.07, 6.45) is -0.171. The van der Waals surface area contributed by atoms with E-state index in [0.717, 1.165) is 17.8 Å². The number of benzene rings is 2. The lowest BCUT2D eigenvalue weighted by molar-refractivity contribution is -0.128. The van der Waals surface area contributed by atoms with E-state index < -0.39 is 11.4 Å². The standard InChI is InChI=1S/C24H26FN5O3S/c1-27-34-28-20-7-5-6-15(23(20)25)12-19-18(14-22(31)30(4)11-10-26)17-9-8-16(29(2)3)13-21(17)33-24(19)32/h5-9,13,27-28H,11-12,14H2,1-4H3. The molecule has 10 heteroatoms. The van der Waals surface area contributed by atoms with Crippen molar-refractivity contribution in [2.45, 2.75) is 12.8 Å². The van der Waals surface area contributed by atoms with Gasteiger partial charge in [-0.15, -0.1) is 0 Å². The fraction of sp³-hybridized carbons (Fsp3) is 0.292. The highest BCUT2D eigenvalue weighted by Crippen LogP contribution is 2.28. The van der Waals surface area contributed by atoms with Crippen molar-refractivity contribution < 1.29 is 13.6 Å². The van der Waals surface area contributed by atoms with Gasteiger partial charge in [-0.1, -0.05) is 12.1 Å². The average Bonchev–Trinajstić information content (AvgIpc) is 2.81. The van der Waals surface area contributed by atoms with Crippen molar-refractivity contribution in [3.8, 4) is 6.07 Å². The van der Waals surface area contributed by atoms with Crippen LogP contribution in [0.25, 0.3) is 11.0 Å². The van der Waals surface area contributed by atoms with Gasteiger partial charge in [0, 0.05) is 62.4 Å². The maximum absolute atomic E-state index is 15.1. The van der Waals surface area contributed by atoms with E-state index in [9.17, 15) is 9.59 Å². The van der Waals surface area contributed by atoms with Crippen molar-refractivity contribution in [1.82, 2.24) is 9.62 Å². The molecule has 0 aliphatic rings. The van der Waals surface area contributed by atoms with Gasteiger partial charge in [0.1, 0.15) is 12.1 Å². The van der Waals surface area contributed by atoms with E-state index in [1.807, 2.05) is 31.1 Å². The number of fused-ring (bicyclic) bond motifs is 1. The Hall–Kier alpha value is -3.55. The first kappa shape index (κ1) is 25.1. The third kappa shape index (κ3) is 5.50. The van der Waals surface area contributed by atoms with Crippen LogP contribution in [-0.2, 0) is 17.6 Å². The molecule has 0 radical (unpaired) electrons. The number of nitriles is 1. The highest BCUT2D eigenvalue weighted by atomic mass is 32.2. The zero-order valence-electron chi connectivity index (χ0n) is 19.4. The zero-order chi connectivity index (χ0) is 24.8. The number of likely N-dealkylation sites (N-methyl/N-ethyl adjacent to an activating group) is 1. The number of nitrogens with one attached hydrogen (secondary N) is 2. The first-order chi connectivity index (χ1) is 16.3. The molecular weight excluding hydrogens is 457 g/mol. The fourth-order valence-electron chi connectivity index (χ4n) is 3.52. The van der Waals surface area contributed by atoms with Crippen molar-refractivity contribution in [2.24, 2.45) is 0 Å². The lowest BCUT2D eigenvalue weighted by atomic mass is 9.95. The van der Waals surface area contributed by atoms with Crippen LogP contribution in [0.3, 0.4) is 0 Å². The van der Waals surface area contributed by atoms with Crippen molar-refractivity contribution in [3.05, 3.63) is 69.3 Å². The third-order valence-corrected chi connectivity index (χ3v) is 5.92. The predicted molar refractivity (Wildman–Crippen MR) is 133 cm³/mol. The minimum absolute atomic E-state index is 0.0517. The van der Waals surface area contributed by atoms with E-state index in [4.69, 9.17) is 9.68 Å².